The van der Waals surface area contributed by atoms with Crippen LogP contribution in [0, 0.1) is 0 Å². The maximum Gasteiger partial charge on any atom is 0.265 e. The highest BCUT2D eigenvalue weighted by Crippen LogP contribution is 2.25. The molecule has 2 aromatic carbocycles. The molecular weight excluding hydrogens is 416 g/mol. The Labute approximate surface area is 184 Å². The zero-order valence-electron chi connectivity index (χ0n) is 18.2. The number of nitrogens with one attached hydrogen (secondary N) is 1. The zero-order valence-corrected chi connectivity index (χ0v) is 19.0. The second kappa shape index (κ2) is 10.0. The van der Waals surface area contributed by atoms with Crippen molar-refractivity contribution in [3.05, 3.63) is 48.5 Å². The topological polar surface area (TPSA) is 84.9 Å². The molecule has 0 spiro atoms. The fraction of sp³-hybridized carbons (Fsp3) is 0.435. The molecule has 1 saturated carbocycles. The smallest absolute Gasteiger partial charge is 0.265 e. The summed E-state index contributed by atoms with van der Waals surface area (Å²) in [5.41, 5.74) is 1.20. The summed E-state index contributed by atoms with van der Waals surface area (Å²) in [5, 5.41) is 2.88. The molecule has 0 heterocycles. The van der Waals surface area contributed by atoms with Gasteiger partial charge in [0, 0.05) is 12.7 Å². The van der Waals surface area contributed by atoms with Crippen molar-refractivity contribution in [1.82, 2.24) is 0 Å². The molecule has 3 rings (SSSR count). The monoisotopic (exact) mass is 446 g/mol. The van der Waals surface area contributed by atoms with Gasteiger partial charge in [-0.2, -0.15) is 0 Å². The summed E-state index contributed by atoms with van der Waals surface area (Å²) in [6, 6.07) is 14.0. The number of carbonyl (C=O) groups excluding carboxylic acids is 1. The number of ether oxygens (including phenoxy) is 2. The minimum absolute atomic E-state index is 0.246. The second-order valence-corrected chi connectivity index (χ2v) is 9.79. The quantitative estimate of drug-likeness (QED) is 0.624. The van der Waals surface area contributed by atoms with Gasteiger partial charge in [-0.25, -0.2) is 8.42 Å². The van der Waals surface area contributed by atoms with Gasteiger partial charge in [-0.15, -0.1) is 0 Å². The van der Waals surface area contributed by atoms with Gasteiger partial charge in [0.15, 0.2) is 6.10 Å². The third kappa shape index (κ3) is 6.37. The highest BCUT2D eigenvalue weighted by Gasteiger charge is 2.20. The number of hydrogen-bond donors (Lipinski definition) is 1. The Bertz CT molecular complexity index is 968. The van der Waals surface area contributed by atoms with Crippen LogP contribution in [0.3, 0.4) is 0 Å². The van der Waals surface area contributed by atoms with E-state index in [1.807, 2.05) is 31.2 Å². The van der Waals surface area contributed by atoms with Crippen LogP contribution in [0.25, 0.3) is 0 Å². The fourth-order valence-electron chi connectivity index (χ4n) is 3.45. The highest BCUT2D eigenvalue weighted by atomic mass is 32.2. The lowest BCUT2D eigenvalue weighted by Gasteiger charge is -2.19. The van der Waals surface area contributed by atoms with E-state index in [2.05, 4.69) is 5.32 Å². The zero-order chi connectivity index (χ0) is 22.4. The number of benzene rings is 2. The summed E-state index contributed by atoms with van der Waals surface area (Å²) in [6.07, 6.45) is 5.87. The third-order valence-electron chi connectivity index (χ3n) is 5.37. The van der Waals surface area contributed by atoms with Crippen molar-refractivity contribution in [2.24, 2.45) is 0 Å². The Hall–Kier alpha value is -2.74. The van der Waals surface area contributed by atoms with Crippen LogP contribution in [-0.4, -0.2) is 39.8 Å². The minimum Gasteiger partial charge on any atom is -0.490 e. The Morgan fingerprint density at radius 1 is 1.06 bits per heavy atom. The minimum atomic E-state index is -3.34. The Balaban J connectivity index is 1.57. The van der Waals surface area contributed by atoms with E-state index >= 15 is 0 Å². The molecule has 1 amide bonds. The van der Waals surface area contributed by atoms with E-state index in [0.29, 0.717) is 29.6 Å². The maximum atomic E-state index is 12.7. The lowest BCUT2D eigenvalue weighted by atomic mass is 10.2. The molecule has 1 atom stereocenters. The van der Waals surface area contributed by atoms with Gasteiger partial charge < -0.3 is 14.8 Å². The first kappa shape index (κ1) is 22.9. The largest absolute Gasteiger partial charge is 0.490 e. The molecule has 1 fully saturated rings. The molecule has 168 valence electrons. The van der Waals surface area contributed by atoms with Crippen LogP contribution in [0.2, 0.25) is 0 Å². The number of sulfonamides is 1. The molecule has 1 aliphatic carbocycles. The molecule has 7 nitrogen and oxygen atoms in total. The molecule has 1 N–H and O–H groups in total. The van der Waals surface area contributed by atoms with Crippen molar-refractivity contribution in [2.45, 2.75) is 51.2 Å². The number of anilines is 2. The van der Waals surface area contributed by atoms with E-state index in [4.69, 9.17) is 9.47 Å². The highest BCUT2D eigenvalue weighted by molar-refractivity contribution is 7.92. The first-order chi connectivity index (χ1) is 14.8. The van der Waals surface area contributed by atoms with Crippen LogP contribution in [0.1, 0.15) is 39.0 Å². The van der Waals surface area contributed by atoms with Crippen molar-refractivity contribution in [1.29, 1.82) is 0 Å². The second-order valence-electron chi connectivity index (χ2n) is 7.78. The first-order valence-electron chi connectivity index (χ1n) is 10.5. The molecule has 2 aromatic rings. The van der Waals surface area contributed by atoms with Crippen molar-refractivity contribution in [3.8, 4) is 11.5 Å². The molecule has 0 unspecified atom stereocenters. The van der Waals surface area contributed by atoms with Crippen molar-refractivity contribution >= 4 is 27.3 Å². The molecule has 31 heavy (non-hydrogen) atoms. The lowest BCUT2D eigenvalue weighted by Crippen LogP contribution is -2.32. The molecule has 8 heteroatoms. The summed E-state index contributed by atoms with van der Waals surface area (Å²) in [7, 11) is -1.85. The molecule has 0 saturated heterocycles. The van der Waals surface area contributed by atoms with E-state index in [0.717, 1.165) is 24.8 Å². The molecule has 0 radical (unpaired) electrons. The SMILES string of the molecule is CC[C@@H](Oc1ccc(N(C)S(C)(=O)=O)cc1)C(=O)Nc1ccc(OC2CCCC2)cc1. The average Bonchev–Trinajstić information content (AvgIpc) is 3.25. The van der Waals surface area contributed by atoms with Crippen molar-refractivity contribution in [2.75, 3.05) is 22.9 Å². The summed E-state index contributed by atoms with van der Waals surface area (Å²) in [4.78, 5) is 12.7. The number of hydrogen-bond acceptors (Lipinski definition) is 5. The van der Waals surface area contributed by atoms with E-state index < -0.39 is 16.1 Å². The summed E-state index contributed by atoms with van der Waals surface area (Å²) >= 11 is 0. The van der Waals surface area contributed by atoms with Gasteiger partial charge >= 0.3 is 0 Å². The van der Waals surface area contributed by atoms with Gasteiger partial charge in [-0.1, -0.05) is 6.92 Å². The predicted molar refractivity (Wildman–Crippen MR) is 122 cm³/mol. The van der Waals surface area contributed by atoms with Crippen LogP contribution < -0.4 is 19.1 Å². The van der Waals surface area contributed by atoms with Crippen molar-refractivity contribution < 1.29 is 22.7 Å². The molecule has 0 aliphatic heterocycles. The van der Waals surface area contributed by atoms with E-state index in [1.54, 1.807) is 24.3 Å². The van der Waals surface area contributed by atoms with Gasteiger partial charge in [0.05, 0.1) is 18.0 Å². The number of carbonyl (C=O) groups is 1. The Kier molecular flexibility index (Phi) is 7.43. The Morgan fingerprint density at radius 2 is 1.65 bits per heavy atom. The summed E-state index contributed by atoms with van der Waals surface area (Å²) in [5.74, 6) is 1.06. The van der Waals surface area contributed by atoms with Gasteiger partial charge in [0.25, 0.3) is 5.91 Å². The number of nitrogens with zero attached hydrogens (tertiary/aromatic N) is 1. The molecule has 1 aliphatic rings. The van der Waals surface area contributed by atoms with Crippen LogP contribution in [0.5, 0.6) is 11.5 Å². The first-order valence-corrected chi connectivity index (χ1v) is 12.4. The summed E-state index contributed by atoms with van der Waals surface area (Å²) in [6.45, 7) is 1.87. The fourth-order valence-corrected chi connectivity index (χ4v) is 3.96. The molecule has 0 bridgehead atoms. The maximum absolute atomic E-state index is 12.7. The number of rotatable bonds is 9. The van der Waals surface area contributed by atoms with E-state index in [1.165, 1.54) is 24.2 Å². The van der Waals surface area contributed by atoms with Gasteiger partial charge in [0.2, 0.25) is 10.0 Å². The lowest BCUT2D eigenvalue weighted by molar-refractivity contribution is -0.122. The van der Waals surface area contributed by atoms with Crippen LogP contribution >= 0.6 is 0 Å². The van der Waals surface area contributed by atoms with Gasteiger partial charge in [0.1, 0.15) is 11.5 Å². The predicted octanol–water partition coefficient (Wildman–Crippen LogP) is 4.20. The normalized spacial score (nSPS) is 15.3. The molecular formula is C23H30N2O5S. The standard InChI is InChI=1S/C23H30N2O5S/c1-4-22(30-21-15-11-18(12-16-21)25(2)31(3,27)28)23(26)24-17-9-13-20(14-10-17)29-19-7-5-6-8-19/h9-16,19,22H,4-8H2,1-3H3,(H,24,26)/t22-/m1/s1. The van der Waals surface area contributed by atoms with E-state index in [9.17, 15) is 13.2 Å². The van der Waals surface area contributed by atoms with E-state index in [-0.39, 0.29) is 5.91 Å². The Morgan fingerprint density at radius 3 is 2.19 bits per heavy atom. The summed E-state index contributed by atoms with van der Waals surface area (Å²) < 4.78 is 36.2. The van der Waals surface area contributed by atoms with Crippen LogP contribution in [0.4, 0.5) is 11.4 Å². The van der Waals surface area contributed by atoms with Gasteiger partial charge in [-0.05, 0) is 80.6 Å². The number of amides is 1. The molecule has 0 aromatic heterocycles. The van der Waals surface area contributed by atoms with Crippen LogP contribution in [0.15, 0.2) is 48.5 Å². The van der Waals surface area contributed by atoms with Crippen LogP contribution in [-0.2, 0) is 14.8 Å². The van der Waals surface area contributed by atoms with Crippen molar-refractivity contribution in [3.63, 3.8) is 0 Å². The third-order valence-corrected chi connectivity index (χ3v) is 6.57. The average molecular weight is 447 g/mol. The van der Waals surface area contributed by atoms with Gasteiger partial charge in [-0.3, -0.25) is 9.10 Å².